The number of amides is 1. The van der Waals surface area contributed by atoms with Crippen molar-refractivity contribution >= 4 is 11.6 Å². The molecule has 0 unspecified atom stereocenters. The van der Waals surface area contributed by atoms with Crippen LogP contribution in [0.25, 0.3) is 11.4 Å². The average Bonchev–Trinajstić information content (AvgIpc) is 3.55. The molecule has 0 saturated heterocycles. The summed E-state index contributed by atoms with van der Waals surface area (Å²) in [6.45, 7) is 0.311. The largest absolute Gasteiger partial charge is 0.471 e. The van der Waals surface area contributed by atoms with Gasteiger partial charge in [0.25, 0.3) is 0 Å². The lowest BCUT2D eigenvalue weighted by atomic mass is 10.1. The summed E-state index contributed by atoms with van der Waals surface area (Å²) in [5.74, 6) is -2.19. The molecule has 1 amide bonds. The van der Waals surface area contributed by atoms with E-state index in [2.05, 4.69) is 24.7 Å². The zero-order chi connectivity index (χ0) is 26.6. The molecule has 194 valence electrons. The Labute approximate surface area is 205 Å². The Bertz CT molecular complexity index is 1330. The Morgan fingerprint density at radius 3 is 2.38 bits per heavy atom. The molecule has 14 heteroatoms. The van der Waals surface area contributed by atoms with Gasteiger partial charge in [-0.15, -0.1) is 0 Å². The third kappa shape index (κ3) is 6.51. The van der Waals surface area contributed by atoms with Crippen LogP contribution in [0.5, 0.6) is 0 Å². The number of hydrogen-bond acceptors (Lipinski definition) is 6. The number of nitrogens with zero attached hydrogens (tertiary/aromatic N) is 6. The van der Waals surface area contributed by atoms with Gasteiger partial charge in [0.1, 0.15) is 12.7 Å². The molecule has 8 nitrogen and oxygen atoms in total. The molecule has 37 heavy (non-hydrogen) atoms. The summed E-state index contributed by atoms with van der Waals surface area (Å²) in [4.78, 5) is 21.4. The quantitative estimate of drug-likeness (QED) is 0.288. The van der Waals surface area contributed by atoms with Crippen LogP contribution in [-0.2, 0) is 30.2 Å². The smallest absolute Gasteiger partial charge is 0.329 e. The van der Waals surface area contributed by atoms with Gasteiger partial charge in [-0.1, -0.05) is 35.5 Å². The number of alkyl halides is 6. The van der Waals surface area contributed by atoms with Gasteiger partial charge in [0.2, 0.25) is 11.7 Å². The zero-order valence-corrected chi connectivity index (χ0v) is 18.9. The van der Waals surface area contributed by atoms with Crippen LogP contribution in [0.4, 0.5) is 32.0 Å². The Balaban J connectivity index is 1.54. The van der Waals surface area contributed by atoms with Crippen molar-refractivity contribution in [1.82, 2.24) is 24.9 Å². The minimum absolute atomic E-state index is 0.0251. The molecule has 0 bridgehead atoms. The number of halogens is 6. The van der Waals surface area contributed by atoms with Gasteiger partial charge in [-0.2, -0.15) is 36.4 Å². The topological polar surface area (TPSA) is 89.9 Å². The van der Waals surface area contributed by atoms with Crippen molar-refractivity contribution in [2.75, 3.05) is 4.90 Å². The van der Waals surface area contributed by atoms with Crippen molar-refractivity contribution in [3.8, 4) is 11.4 Å². The minimum Gasteiger partial charge on any atom is -0.329 e. The molecule has 2 heterocycles. The maximum Gasteiger partial charge on any atom is 0.471 e. The monoisotopic (exact) mass is 524 g/mol. The second-order valence-corrected chi connectivity index (χ2v) is 7.91. The van der Waals surface area contributed by atoms with Gasteiger partial charge in [-0.05, 0) is 30.2 Å². The highest BCUT2D eigenvalue weighted by molar-refractivity contribution is 5.93. The highest BCUT2D eigenvalue weighted by Gasteiger charge is 2.38. The van der Waals surface area contributed by atoms with Gasteiger partial charge < -0.3 is 9.42 Å². The van der Waals surface area contributed by atoms with Crippen LogP contribution in [0.1, 0.15) is 29.9 Å². The van der Waals surface area contributed by atoms with E-state index < -0.39 is 29.7 Å². The molecule has 0 atom stereocenters. The first-order chi connectivity index (χ1) is 17.5. The number of anilines is 1. The number of hydrogen-bond donors (Lipinski definition) is 0. The van der Waals surface area contributed by atoms with Crippen molar-refractivity contribution in [3.63, 3.8) is 0 Å². The van der Waals surface area contributed by atoms with Crippen molar-refractivity contribution in [3.05, 3.63) is 78.2 Å². The van der Waals surface area contributed by atoms with E-state index in [0.717, 1.165) is 12.1 Å². The van der Waals surface area contributed by atoms with E-state index >= 15 is 0 Å². The maximum atomic E-state index is 13.3. The number of benzene rings is 2. The first-order valence-electron chi connectivity index (χ1n) is 10.8. The molecular weight excluding hydrogens is 506 g/mol. The van der Waals surface area contributed by atoms with Crippen molar-refractivity contribution < 1.29 is 35.7 Å². The van der Waals surface area contributed by atoms with Crippen LogP contribution in [-0.4, -0.2) is 30.8 Å². The summed E-state index contributed by atoms with van der Waals surface area (Å²) in [5.41, 5.74) is -0.103. The lowest BCUT2D eigenvalue weighted by Crippen LogP contribution is -2.30. The first kappa shape index (κ1) is 25.9. The van der Waals surface area contributed by atoms with Crippen molar-refractivity contribution in [2.45, 2.75) is 38.3 Å². The van der Waals surface area contributed by atoms with Crippen LogP contribution in [0.2, 0.25) is 0 Å². The SMILES string of the molecule is O=C(CCCn1cncn1)N(Cc1ccc(-c2noc(C(F)(F)F)n2)cc1)c1cccc(C(F)(F)F)c1. The Kier molecular flexibility index (Phi) is 7.27. The lowest BCUT2D eigenvalue weighted by Gasteiger charge is -2.24. The fourth-order valence-electron chi connectivity index (χ4n) is 3.45. The van der Waals surface area contributed by atoms with Crippen LogP contribution < -0.4 is 4.90 Å². The second kappa shape index (κ2) is 10.4. The number of aromatic nitrogens is 5. The molecule has 0 aliphatic carbocycles. The summed E-state index contributed by atoms with van der Waals surface area (Å²) >= 11 is 0. The summed E-state index contributed by atoms with van der Waals surface area (Å²) in [7, 11) is 0. The maximum absolute atomic E-state index is 13.3. The van der Waals surface area contributed by atoms with Crippen LogP contribution in [0.15, 0.2) is 65.7 Å². The first-order valence-corrected chi connectivity index (χ1v) is 10.8. The van der Waals surface area contributed by atoms with Gasteiger partial charge in [0.05, 0.1) is 12.1 Å². The van der Waals surface area contributed by atoms with E-state index in [0.29, 0.717) is 18.5 Å². The molecule has 0 N–H and O–H groups in total. The summed E-state index contributed by atoms with van der Waals surface area (Å²) in [6.07, 6.45) is -6.16. The molecule has 0 fully saturated rings. The number of aryl methyl sites for hydroxylation is 1. The van der Waals surface area contributed by atoms with Gasteiger partial charge in [-0.25, -0.2) is 4.98 Å². The van der Waals surface area contributed by atoms with Gasteiger partial charge in [-0.3, -0.25) is 9.48 Å². The predicted molar refractivity (Wildman–Crippen MR) is 117 cm³/mol. The Morgan fingerprint density at radius 1 is 1.00 bits per heavy atom. The number of carbonyl (C=O) groups is 1. The summed E-state index contributed by atoms with van der Waals surface area (Å²) in [6, 6.07) is 10.3. The second-order valence-electron chi connectivity index (χ2n) is 7.91. The fraction of sp³-hybridized carbons (Fsp3) is 0.261. The lowest BCUT2D eigenvalue weighted by molar-refractivity contribution is -0.159. The van der Waals surface area contributed by atoms with E-state index in [-0.39, 0.29) is 30.0 Å². The van der Waals surface area contributed by atoms with E-state index in [1.165, 1.54) is 58.6 Å². The molecular formula is C23H18F6N6O2. The highest BCUT2D eigenvalue weighted by Crippen LogP contribution is 2.33. The fourth-order valence-corrected chi connectivity index (χ4v) is 3.45. The van der Waals surface area contributed by atoms with E-state index in [4.69, 9.17) is 0 Å². The Hall–Kier alpha value is -4.23. The summed E-state index contributed by atoms with van der Waals surface area (Å²) in [5, 5.41) is 7.27. The van der Waals surface area contributed by atoms with E-state index in [1.54, 1.807) is 0 Å². The standard InChI is InChI=1S/C23H18F6N6O2/c24-22(25,26)17-3-1-4-18(11-17)35(19(36)5-2-10-34-14-30-13-31-34)12-15-6-8-16(9-7-15)20-32-21(37-33-20)23(27,28)29/h1,3-4,6-9,11,13-14H,2,5,10,12H2. The molecule has 2 aromatic carbocycles. The van der Waals surface area contributed by atoms with Crippen molar-refractivity contribution in [2.24, 2.45) is 0 Å². The number of rotatable bonds is 8. The summed E-state index contributed by atoms with van der Waals surface area (Å²) < 4.78 is 83.8. The van der Waals surface area contributed by atoms with Gasteiger partial charge in [0, 0.05) is 24.2 Å². The third-order valence-electron chi connectivity index (χ3n) is 5.25. The van der Waals surface area contributed by atoms with E-state index in [9.17, 15) is 31.1 Å². The predicted octanol–water partition coefficient (Wildman–Crippen LogP) is 5.38. The molecule has 0 radical (unpaired) electrons. The highest BCUT2D eigenvalue weighted by atomic mass is 19.4. The van der Waals surface area contributed by atoms with Crippen molar-refractivity contribution in [1.29, 1.82) is 0 Å². The minimum atomic E-state index is -4.79. The van der Waals surface area contributed by atoms with Gasteiger partial charge in [0.15, 0.2) is 0 Å². The zero-order valence-electron chi connectivity index (χ0n) is 18.9. The molecule has 0 aliphatic rings. The van der Waals surface area contributed by atoms with E-state index in [1.807, 2.05) is 0 Å². The number of carbonyl (C=O) groups excluding carboxylic acids is 1. The average molecular weight is 524 g/mol. The van der Waals surface area contributed by atoms with Crippen LogP contribution in [0, 0.1) is 0 Å². The molecule has 0 spiro atoms. The Morgan fingerprint density at radius 2 is 1.76 bits per heavy atom. The van der Waals surface area contributed by atoms with Crippen LogP contribution in [0.3, 0.4) is 0 Å². The molecule has 0 saturated carbocycles. The molecule has 2 aromatic heterocycles. The molecule has 4 aromatic rings. The van der Waals surface area contributed by atoms with Crippen LogP contribution >= 0.6 is 0 Å². The molecule has 4 rings (SSSR count). The molecule has 0 aliphatic heterocycles. The normalized spacial score (nSPS) is 12.1. The third-order valence-corrected chi connectivity index (χ3v) is 5.25. The van der Waals surface area contributed by atoms with Gasteiger partial charge >= 0.3 is 18.2 Å².